The number of furan rings is 1. The second kappa shape index (κ2) is 5.82. The second-order valence-corrected chi connectivity index (χ2v) is 4.46. The molecule has 0 saturated heterocycles. The second-order valence-electron chi connectivity index (χ2n) is 4.46. The van der Waals surface area contributed by atoms with Crippen LogP contribution in [0.3, 0.4) is 0 Å². The van der Waals surface area contributed by atoms with E-state index in [1.807, 2.05) is 6.07 Å². The van der Waals surface area contributed by atoms with E-state index in [0.717, 1.165) is 13.0 Å². The van der Waals surface area contributed by atoms with Crippen molar-refractivity contribution in [3.63, 3.8) is 0 Å². The quantitative estimate of drug-likeness (QED) is 0.852. The summed E-state index contributed by atoms with van der Waals surface area (Å²) in [5.74, 6) is 1.95. The highest BCUT2D eigenvalue weighted by Crippen LogP contribution is 2.21. The normalized spacial score (nSPS) is 14.6. The SMILES string of the molecule is CCCNC(C)C(C)c1nc(-c2ccco2)no1. The lowest BCUT2D eigenvalue weighted by atomic mass is 10.0. The van der Waals surface area contributed by atoms with Crippen molar-refractivity contribution in [3.8, 4) is 11.6 Å². The van der Waals surface area contributed by atoms with E-state index >= 15 is 0 Å². The molecule has 0 aromatic carbocycles. The Morgan fingerprint density at radius 1 is 1.39 bits per heavy atom. The maximum atomic E-state index is 5.29. The predicted molar refractivity (Wildman–Crippen MR) is 68.2 cm³/mol. The van der Waals surface area contributed by atoms with E-state index < -0.39 is 0 Å². The van der Waals surface area contributed by atoms with Crippen LogP contribution in [0.1, 0.15) is 39.0 Å². The lowest BCUT2D eigenvalue weighted by molar-refractivity contribution is 0.330. The molecule has 5 heteroatoms. The highest BCUT2D eigenvalue weighted by atomic mass is 16.5. The van der Waals surface area contributed by atoms with Crippen molar-refractivity contribution < 1.29 is 8.94 Å². The van der Waals surface area contributed by atoms with Gasteiger partial charge < -0.3 is 14.3 Å². The minimum Gasteiger partial charge on any atom is -0.461 e. The third kappa shape index (κ3) is 2.79. The number of hydrogen-bond acceptors (Lipinski definition) is 5. The van der Waals surface area contributed by atoms with E-state index in [9.17, 15) is 0 Å². The highest BCUT2D eigenvalue weighted by molar-refractivity contribution is 5.44. The molecule has 0 radical (unpaired) electrons. The summed E-state index contributed by atoms with van der Waals surface area (Å²) < 4.78 is 10.5. The lowest BCUT2D eigenvalue weighted by Crippen LogP contribution is -2.31. The van der Waals surface area contributed by atoms with Crippen LogP contribution >= 0.6 is 0 Å². The van der Waals surface area contributed by atoms with E-state index in [-0.39, 0.29) is 5.92 Å². The molecule has 0 bridgehead atoms. The molecule has 5 nitrogen and oxygen atoms in total. The summed E-state index contributed by atoms with van der Waals surface area (Å²) in [4.78, 5) is 4.37. The Bertz CT molecular complexity index is 464. The van der Waals surface area contributed by atoms with Crippen molar-refractivity contribution in [3.05, 3.63) is 24.3 Å². The van der Waals surface area contributed by atoms with Crippen molar-refractivity contribution in [2.24, 2.45) is 0 Å². The fourth-order valence-corrected chi connectivity index (χ4v) is 1.69. The molecular weight excluding hydrogens is 230 g/mol. The minimum atomic E-state index is 0.174. The maximum Gasteiger partial charge on any atom is 0.238 e. The Kier molecular flexibility index (Phi) is 4.15. The first-order valence-corrected chi connectivity index (χ1v) is 6.33. The zero-order chi connectivity index (χ0) is 13.0. The summed E-state index contributed by atoms with van der Waals surface area (Å²) in [6.07, 6.45) is 2.71. The average molecular weight is 249 g/mol. The Morgan fingerprint density at radius 2 is 2.22 bits per heavy atom. The van der Waals surface area contributed by atoms with Gasteiger partial charge in [0.2, 0.25) is 11.7 Å². The summed E-state index contributed by atoms with van der Waals surface area (Å²) in [6.45, 7) is 7.33. The van der Waals surface area contributed by atoms with Crippen molar-refractivity contribution in [2.45, 2.75) is 39.2 Å². The van der Waals surface area contributed by atoms with Crippen molar-refractivity contribution in [1.82, 2.24) is 15.5 Å². The van der Waals surface area contributed by atoms with Gasteiger partial charge in [0.15, 0.2) is 5.76 Å². The number of nitrogens with one attached hydrogen (secondary N) is 1. The van der Waals surface area contributed by atoms with Crippen LogP contribution in [0.5, 0.6) is 0 Å². The third-order valence-corrected chi connectivity index (χ3v) is 3.04. The van der Waals surface area contributed by atoms with Gasteiger partial charge in [0.1, 0.15) is 0 Å². The molecule has 0 saturated carbocycles. The summed E-state index contributed by atoms with van der Waals surface area (Å²) in [7, 11) is 0. The Morgan fingerprint density at radius 3 is 2.89 bits per heavy atom. The lowest BCUT2D eigenvalue weighted by Gasteiger charge is -2.17. The zero-order valence-corrected chi connectivity index (χ0v) is 11.0. The van der Waals surface area contributed by atoms with Gasteiger partial charge in [0.05, 0.1) is 12.2 Å². The topological polar surface area (TPSA) is 64.1 Å². The largest absolute Gasteiger partial charge is 0.461 e. The number of aromatic nitrogens is 2. The average Bonchev–Trinajstić information content (AvgIpc) is 3.04. The molecule has 18 heavy (non-hydrogen) atoms. The van der Waals surface area contributed by atoms with Crippen LogP contribution in [0.15, 0.2) is 27.3 Å². The molecule has 2 aromatic heterocycles. The van der Waals surface area contributed by atoms with Crippen LogP contribution in [-0.4, -0.2) is 22.7 Å². The monoisotopic (exact) mass is 249 g/mol. The van der Waals surface area contributed by atoms with Crippen LogP contribution in [0.2, 0.25) is 0 Å². The Labute approximate surface area is 107 Å². The van der Waals surface area contributed by atoms with Gasteiger partial charge in [-0.25, -0.2) is 0 Å². The van der Waals surface area contributed by atoms with E-state index in [2.05, 4.69) is 36.2 Å². The van der Waals surface area contributed by atoms with Gasteiger partial charge in [-0.15, -0.1) is 0 Å². The van der Waals surface area contributed by atoms with Crippen LogP contribution in [0, 0.1) is 0 Å². The van der Waals surface area contributed by atoms with Crippen LogP contribution < -0.4 is 5.32 Å². The molecule has 0 amide bonds. The van der Waals surface area contributed by atoms with Gasteiger partial charge in [0, 0.05) is 6.04 Å². The summed E-state index contributed by atoms with van der Waals surface area (Å²) in [6, 6.07) is 3.92. The van der Waals surface area contributed by atoms with Gasteiger partial charge in [-0.05, 0) is 32.0 Å². The Hall–Kier alpha value is -1.62. The van der Waals surface area contributed by atoms with Gasteiger partial charge >= 0.3 is 0 Å². The molecule has 0 aliphatic carbocycles. The molecule has 98 valence electrons. The van der Waals surface area contributed by atoms with Crippen LogP contribution in [-0.2, 0) is 0 Å². The molecule has 0 fully saturated rings. The van der Waals surface area contributed by atoms with Gasteiger partial charge in [-0.3, -0.25) is 0 Å². The molecule has 2 heterocycles. The number of hydrogen-bond donors (Lipinski definition) is 1. The smallest absolute Gasteiger partial charge is 0.238 e. The summed E-state index contributed by atoms with van der Waals surface area (Å²) in [5.41, 5.74) is 0. The summed E-state index contributed by atoms with van der Waals surface area (Å²) in [5, 5.41) is 7.36. The molecule has 2 aromatic rings. The van der Waals surface area contributed by atoms with Crippen molar-refractivity contribution in [2.75, 3.05) is 6.54 Å². The molecular formula is C13H19N3O2. The maximum absolute atomic E-state index is 5.29. The van der Waals surface area contributed by atoms with Gasteiger partial charge in [-0.1, -0.05) is 19.0 Å². The molecule has 1 N–H and O–H groups in total. The number of nitrogens with zero attached hydrogens (tertiary/aromatic N) is 2. The predicted octanol–water partition coefficient (Wildman–Crippen LogP) is 2.82. The number of rotatable bonds is 6. The first-order valence-electron chi connectivity index (χ1n) is 6.33. The van der Waals surface area contributed by atoms with Gasteiger partial charge in [0.25, 0.3) is 0 Å². The minimum absolute atomic E-state index is 0.174. The van der Waals surface area contributed by atoms with E-state index in [4.69, 9.17) is 8.94 Å². The van der Waals surface area contributed by atoms with Crippen molar-refractivity contribution in [1.29, 1.82) is 0 Å². The third-order valence-electron chi connectivity index (χ3n) is 3.04. The van der Waals surface area contributed by atoms with Crippen LogP contribution in [0.25, 0.3) is 11.6 Å². The first-order chi connectivity index (χ1) is 8.72. The van der Waals surface area contributed by atoms with Gasteiger partial charge in [-0.2, -0.15) is 4.98 Å². The fourth-order valence-electron chi connectivity index (χ4n) is 1.69. The summed E-state index contributed by atoms with van der Waals surface area (Å²) >= 11 is 0. The molecule has 0 aliphatic heterocycles. The molecule has 2 rings (SSSR count). The molecule has 2 unspecified atom stereocenters. The standard InChI is InChI=1S/C13H19N3O2/c1-4-7-14-10(3)9(2)13-15-12(16-18-13)11-6-5-8-17-11/h5-6,8-10,14H,4,7H2,1-3H3. The fraction of sp³-hybridized carbons (Fsp3) is 0.538. The van der Waals surface area contributed by atoms with Crippen molar-refractivity contribution >= 4 is 0 Å². The first kappa shape index (κ1) is 12.8. The van der Waals surface area contributed by atoms with E-state index in [1.54, 1.807) is 12.3 Å². The van der Waals surface area contributed by atoms with E-state index in [0.29, 0.717) is 23.5 Å². The van der Waals surface area contributed by atoms with Crippen LogP contribution in [0.4, 0.5) is 0 Å². The molecule has 2 atom stereocenters. The highest BCUT2D eigenvalue weighted by Gasteiger charge is 2.21. The van der Waals surface area contributed by atoms with E-state index in [1.165, 1.54) is 0 Å². The molecule has 0 spiro atoms. The zero-order valence-electron chi connectivity index (χ0n) is 11.0. The Balaban J connectivity index is 2.05. The molecule has 0 aliphatic rings.